The van der Waals surface area contributed by atoms with Gasteiger partial charge in [0.25, 0.3) is 0 Å². The Balaban J connectivity index is 2.69. The topological polar surface area (TPSA) is 37.3 Å². The minimum Gasteiger partial charge on any atom is -0.481 e. The third-order valence-electron chi connectivity index (χ3n) is 2.60. The third kappa shape index (κ3) is 5.28. The van der Waals surface area contributed by atoms with Crippen LogP contribution in [0.4, 0.5) is 0 Å². The summed E-state index contributed by atoms with van der Waals surface area (Å²) in [7, 11) is 0. The van der Waals surface area contributed by atoms with E-state index in [0.717, 1.165) is 22.6 Å². The molecule has 0 fully saturated rings. The van der Waals surface area contributed by atoms with E-state index in [0.29, 0.717) is 12.3 Å². The number of carboxylic acid groups (broad SMARTS) is 1. The average molecular weight is 289 g/mol. The number of carbonyl (C=O) groups is 1. The van der Waals surface area contributed by atoms with Crippen LogP contribution in [0.15, 0.2) is 18.2 Å². The van der Waals surface area contributed by atoms with Gasteiger partial charge in [0, 0.05) is 10.4 Å². The van der Waals surface area contributed by atoms with Crippen LogP contribution in [-0.2, 0) is 17.6 Å². The molecule has 4 heteroatoms. The van der Waals surface area contributed by atoms with Gasteiger partial charge in [-0.2, -0.15) is 0 Å². The molecular formula is C14H18Cl2O2. The van der Waals surface area contributed by atoms with E-state index in [1.807, 2.05) is 18.2 Å². The van der Waals surface area contributed by atoms with Gasteiger partial charge in [-0.15, -0.1) is 11.6 Å². The summed E-state index contributed by atoms with van der Waals surface area (Å²) in [4.78, 5) is 10.5. The quantitative estimate of drug-likeness (QED) is 0.798. The molecule has 0 spiro atoms. The Kier molecular flexibility index (Phi) is 5.97. The highest BCUT2D eigenvalue weighted by Crippen LogP contribution is 2.22. The molecule has 1 aromatic rings. The van der Waals surface area contributed by atoms with Crippen LogP contribution in [0.1, 0.15) is 31.4 Å². The Bertz CT molecular complexity index is 416. The Labute approximate surface area is 118 Å². The summed E-state index contributed by atoms with van der Waals surface area (Å²) >= 11 is 12.2. The summed E-state index contributed by atoms with van der Waals surface area (Å²) < 4.78 is 0. The van der Waals surface area contributed by atoms with Gasteiger partial charge in [0.15, 0.2) is 0 Å². The lowest BCUT2D eigenvalue weighted by Gasteiger charge is -2.11. The van der Waals surface area contributed by atoms with Crippen molar-refractivity contribution in [1.29, 1.82) is 0 Å². The predicted molar refractivity (Wildman–Crippen MR) is 75.6 cm³/mol. The monoisotopic (exact) mass is 288 g/mol. The first kappa shape index (κ1) is 15.3. The van der Waals surface area contributed by atoms with Crippen LogP contribution in [0.2, 0.25) is 5.02 Å². The van der Waals surface area contributed by atoms with Crippen molar-refractivity contribution in [2.45, 2.75) is 38.5 Å². The largest absolute Gasteiger partial charge is 0.481 e. The highest BCUT2D eigenvalue weighted by molar-refractivity contribution is 6.31. The summed E-state index contributed by atoms with van der Waals surface area (Å²) in [5, 5.41) is 8.99. The van der Waals surface area contributed by atoms with Crippen LogP contribution in [0, 0.1) is 5.92 Å². The molecule has 0 aliphatic carbocycles. The first-order valence-corrected chi connectivity index (χ1v) is 6.83. The Morgan fingerprint density at radius 3 is 2.50 bits per heavy atom. The standard InChI is InChI=1S/C14H18Cl2O2/c1-9(2)5-11-4-3-10(7-13(11)16)6-12(15)8-14(17)18/h3-4,7,9,12H,5-6,8H2,1-2H3,(H,17,18). The third-order valence-corrected chi connectivity index (χ3v) is 3.26. The molecule has 100 valence electrons. The fourth-order valence-corrected chi connectivity index (χ4v) is 2.43. The van der Waals surface area contributed by atoms with Gasteiger partial charge < -0.3 is 5.11 Å². The number of rotatable bonds is 6. The minimum absolute atomic E-state index is 0.0348. The molecule has 1 aromatic carbocycles. The zero-order valence-corrected chi connectivity index (χ0v) is 12.1. The van der Waals surface area contributed by atoms with Gasteiger partial charge in [-0.05, 0) is 36.0 Å². The second kappa shape index (κ2) is 7.01. The Morgan fingerprint density at radius 1 is 1.33 bits per heavy atom. The van der Waals surface area contributed by atoms with Crippen molar-refractivity contribution in [2.24, 2.45) is 5.92 Å². The lowest BCUT2D eigenvalue weighted by Crippen LogP contribution is -2.10. The van der Waals surface area contributed by atoms with E-state index >= 15 is 0 Å². The molecular weight excluding hydrogens is 271 g/mol. The summed E-state index contributed by atoms with van der Waals surface area (Å²) in [6.07, 6.45) is 1.43. The molecule has 1 N–H and O–H groups in total. The van der Waals surface area contributed by atoms with E-state index in [9.17, 15) is 4.79 Å². The zero-order chi connectivity index (χ0) is 13.7. The van der Waals surface area contributed by atoms with E-state index in [-0.39, 0.29) is 6.42 Å². The first-order chi connectivity index (χ1) is 8.38. The molecule has 1 rings (SSSR count). The van der Waals surface area contributed by atoms with Gasteiger partial charge in [0.05, 0.1) is 6.42 Å². The number of hydrogen-bond acceptors (Lipinski definition) is 1. The summed E-state index contributed by atoms with van der Waals surface area (Å²) in [6.45, 7) is 4.29. The van der Waals surface area contributed by atoms with Crippen molar-refractivity contribution >= 4 is 29.2 Å². The molecule has 0 amide bonds. The molecule has 1 unspecified atom stereocenters. The van der Waals surface area contributed by atoms with E-state index in [4.69, 9.17) is 28.3 Å². The number of hydrogen-bond donors (Lipinski definition) is 1. The molecule has 0 saturated carbocycles. The van der Waals surface area contributed by atoms with Gasteiger partial charge in [0.2, 0.25) is 0 Å². The number of halogens is 2. The summed E-state index contributed by atoms with van der Waals surface area (Å²) in [5.74, 6) is -0.321. The Morgan fingerprint density at radius 2 is 2.00 bits per heavy atom. The van der Waals surface area contributed by atoms with Crippen LogP contribution in [-0.4, -0.2) is 16.5 Å². The van der Waals surface area contributed by atoms with Crippen LogP contribution < -0.4 is 0 Å². The number of carboxylic acids is 1. The normalized spacial score (nSPS) is 12.7. The van der Waals surface area contributed by atoms with Crippen LogP contribution in [0.25, 0.3) is 0 Å². The van der Waals surface area contributed by atoms with E-state index in [1.165, 1.54) is 0 Å². The smallest absolute Gasteiger partial charge is 0.304 e. The molecule has 0 aliphatic heterocycles. The van der Waals surface area contributed by atoms with Gasteiger partial charge in [-0.3, -0.25) is 4.79 Å². The molecule has 0 radical (unpaired) electrons. The van der Waals surface area contributed by atoms with Crippen molar-refractivity contribution in [1.82, 2.24) is 0 Å². The molecule has 2 nitrogen and oxygen atoms in total. The van der Waals surface area contributed by atoms with Crippen molar-refractivity contribution in [3.63, 3.8) is 0 Å². The van der Waals surface area contributed by atoms with Gasteiger partial charge in [-0.1, -0.05) is 37.6 Å². The Hall–Kier alpha value is -0.730. The maximum atomic E-state index is 10.5. The van der Waals surface area contributed by atoms with Crippen LogP contribution in [0.5, 0.6) is 0 Å². The SMILES string of the molecule is CC(C)Cc1ccc(CC(Cl)CC(=O)O)cc1Cl. The van der Waals surface area contributed by atoms with Crippen molar-refractivity contribution < 1.29 is 9.90 Å². The van der Waals surface area contributed by atoms with Gasteiger partial charge in [-0.25, -0.2) is 0 Å². The molecule has 0 heterocycles. The predicted octanol–water partition coefficient (Wildman–Crippen LogP) is 4.16. The molecule has 18 heavy (non-hydrogen) atoms. The fraction of sp³-hybridized carbons (Fsp3) is 0.500. The van der Waals surface area contributed by atoms with E-state index < -0.39 is 11.3 Å². The molecule has 0 aliphatic rings. The molecule has 0 bridgehead atoms. The van der Waals surface area contributed by atoms with Crippen molar-refractivity contribution in [2.75, 3.05) is 0 Å². The van der Waals surface area contributed by atoms with Crippen LogP contribution >= 0.6 is 23.2 Å². The minimum atomic E-state index is -0.877. The number of aliphatic carboxylic acids is 1. The second-order valence-corrected chi connectivity index (χ2v) is 5.95. The lowest BCUT2D eigenvalue weighted by molar-refractivity contribution is -0.137. The number of benzene rings is 1. The van der Waals surface area contributed by atoms with E-state index in [2.05, 4.69) is 13.8 Å². The van der Waals surface area contributed by atoms with E-state index in [1.54, 1.807) is 0 Å². The summed E-state index contributed by atoms with van der Waals surface area (Å²) in [5.41, 5.74) is 2.11. The zero-order valence-electron chi connectivity index (χ0n) is 10.6. The number of alkyl halides is 1. The van der Waals surface area contributed by atoms with Crippen molar-refractivity contribution in [3.8, 4) is 0 Å². The van der Waals surface area contributed by atoms with Gasteiger partial charge in [0.1, 0.15) is 0 Å². The second-order valence-electron chi connectivity index (χ2n) is 4.92. The maximum absolute atomic E-state index is 10.5. The first-order valence-electron chi connectivity index (χ1n) is 6.01. The highest BCUT2D eigenvalue weighted by Gasteiger charge is 2.12. The highest BCUT2D eigenvalue weighted by atomic mass is 35.5. The average Bonchev–Trinajstić information content (AvgIpc) is 2.20. The summed E-state index contributed by atoms with van der Waals surface area (Å²) in [6, 6.07) is 5.86. The van der Waals surface area contributed by atoms with Gasteiger partial charge >= 0.3 is 5.97 Å². The van der Waals surface area contributed by atoms with Crippen LogP contribution in [0.3, 0.4) is 0 Å². The lowest BCUT2D eigenvalue weighted by atomic mass is 10.00. The molecule has 0 aromatic heterocycles. The molecule has 1 atom stereocenters. The molecule has 0 saturated heterocycles. The van der Waals surface area contributed by atoms with Crippen molar-refractivity contribution in [3.05, 3.63) is 34.3 Å². The maximum Gasteiger partial charge on any atom is 0.304 e. The fourth-order valence-electron chi connectivity index (χ4n) is 1.84.